The fraction of sp³-hybridized carbons (Fsp3) is 1.00. The third-order valence-electron chi connectivity index (χ3n) is 3.91. The molecule has 1 aliphatic heterocycles. The van der Waals surface area contributed by atoms with Crippen LogP contribution >= 0.6 is 11.6 Å². The molecule has 82 valence electrons. The summed E-state index contributed by atoms with van der Waals surface area (Å²) in [5.74, 6) is 0.827. The molecule has 1 nitrogen and oxygen atoms in total. The van der Waals surface area contributed by atoms with E-state index in [1.165, 1.54) is 38.5 Å². The lowest BCUT2D eigenvalue weighted by atomic mass is 9.67. The molecule has 14 heavy (non-hydrogen) atoms. The molecular weight excluding hydrogens is 196 g/mol. The van der Waals surface area contributed by atoms with Gasteiger partial charge < -0.3 is 4.74 Å². The molecule has 2 rings (SSSR count). The van der Waals surface area contributed by atoms with Crippen LogP contribution in [0.25, 0.3) is 0 Å². The molecule has 1 saturated carbocycles. The van der Waals surface area contributed by atoms with E-state index in [9.17, 15) is 0 Å². The average molecular weight is 217 g/mol. The minimum atomic E-state index is 0.113. The second kappa shape index (κ2) is 3.68. The molecule has 0 aromatic carbocycles. The smallest absolute Gasteiger partial charge is 0.0631 e. The molecule has 0 spiro atoms. The Morgan fingerprint density at radius 1 is 1.29 bits per heavy atom. The van der Waals surface area contributed by atoms with E-state index >= 15 is 0 Å². The molecule has 0 N–H and O–H groups in total. The molecule has 0 amide bonds. The van der Waals surface area contributed by atoms with Gasteiger partial charge in [-0.15, -0.1) is 11.6 Å². The highest BCUT2D eigenvalue weighted by molar-refractivity contribution is 6.18. The molecule has 0 aromatic rings. The lowest BCUT2D eigenvalue weighted by Crippen LogP contribution is -2.35. The Kier molecular flexibility index (Phi) is 2.83. The molecule has 1 heterocycles. The second-order valence-electron chi connectivity index (χ2n) is 5.73. The SMILES string of the molecule is CC1(C)CCC(CC2(CCl)CCC2)O1. The topological polar surface area (TPSA) is 9.23 Å². The van der Waals surface area contributed by atoms with Crippen LogP contribution in [0, 0.1) is 5.41 Å². The predicted octanol–water partition coefficient (Wildman–Crippen LogP) is 3.74. The first-order chi connectivity index (χ1) is 6.55. The number of rotatable bonds is 3. The van der Waals surface area contributed by atoms with E-state index in [4.69, 9.17) is 16.3 Å². The summed E-state index contributed by atoms with van der Waals surface area (Å²) in [4.78, 5) is 0. The standard InChI is InChI=1S/C12H21ClO/c1-11(2)7-4-10(14-11)8-12(9-13)5-3-6-12/h10H,3-9H2,1-2H3. The van der Waals surface area contributed by atoms with Gasteiger partial charge in [-0.25, -0.2) is 0 Å². The molecule has 2 aliphatic rings. The van der Waals surface area contributed by atoms with Crippen LogP contribution in [0.15, 0.2) is 0 Å². The summed E-state index contributed by atoms with van der Waals surface area (Å²) < 4.78 is 6.02. The van der Waals surface area contributed by atoms with E-state index in [0.29, 0.717) is 11.5 Å². The van der Waals surface area contributed by atoms with Gasteiger partial charge in [-0.2, -0.15) is 0 Å². The molecule has 1 saturated heterocycles. The Hall–Kier alpha value is 0.250. The zero-order chi connectivity index (χ0) is 10.2. The first kappa shape index (κ1) is 10.8. The highest BCUT2D eigenvalue weighted by atomic mass is 35.5. The van der Waals surface area contributed by atoms with Crippen LogP contribution in [0.2, 0.25) is 0 Å². The lowest BCUT2D eigenvalue weighted by Gasteiger charge is -2.42. The first-order valence-corrected chi connectivity index (χ1v) is 6.33. The van der Waals surface area contributed by atoms with Crippen LogP contribution < -0.4 is 0 Å². The third kappa shape index (κ3) is 2.09. The van der Waals surface area contributed by atoms with Crippen molar-refractivity contribution < 1.29 is 4.74 Å². The van der Waals surface area contributed by atoms with Crippen molar-refractivity contribution in [3.63, 3.8) is 0 Å². The van der Waals surface area contributed by atoms with Crippen molar-refractivity contribution in [2.75, 3.05) is 5.88 Å². The maximum atomic E-state index is 6.05. The maximum Gasteiger partial charge on any atom is 0.0631 e. The summed E-state index contributed by atoms with van der Waals surface area (Å²) in [7, 11) is 0. The van der Waals surface area contributed by atoms with E-state index in [0.717, 1.165) is 5.88 Å². The van der Waals surface area contributed by atoms with Gasteiger partial charge in [0.1, 0.15) is 0 Å². The molecule has 2 fully saturated rings. The average Bonchev–Trinajstić information content (AvgIpc) is 2.38. The Balaban J connectivity index is 1.86. The minimum Gasteiger partial charge on any atom is -0.372 e. The molecule has 1 aliphatic carbocycles. The molecule has 0 aromatic heterocycles. The molecule has 1 unspecified atom stereocenters. The summed E-state index contributed by atoms with van der Waals surface area (Å²) in [5.41, 5.74) is 0.550. The van der Waals surface area contributed by atoms with Gasteiger partial charge in [-0.1, -0.05) is 6.42 Å². The highest BCUT2D eigenvalue weighted by Crippen LogP contribution is 2.48. The third-order valence-corrected chi connectivity index (χ3v) is 4.48. The monoisotopic (exact) mass is 216 g/mol. The molecule has 0 radical (unpaired) electrons. The van der Waals surface area contributed by atoms with Crippen LogP contribution in [-0.2, 0) is 4.74 Å². The number of hydrogen-bond acceptors (Lipinski definition) is 1. The Morgan fingerprint density at radius 2 is 2.00 bits per heavy atom. The summed E-state index contributed by atoms with van der Waals surface area (Å²) in [6.45, 7) is 4.39. The summed E-state index contributed by atoms with van der Waals surface area (Å²) in [6, 6.07) is 0. The normalized spacial score (nSPS) is 34.1. The van der Waals surface area contributed by atoms with Gasteiger partial charge in [0.25, 0.3) is 0 Å². The Morgan fingerprint density at radius 3 is 2.36 bits per heavy atom. The van der Waals surface area contributed by atoms with E-state index in [1.807, 2.05) is 0 Å². The summed E-state index contributed by atoms with van der Waals surface area (Å²) in [5, 5.41) is 0. The minimum absolute atomic E-state index is 0.113. The summed E-state index contributed by atoms with van der Waals surface area (Å²) >= 11 is 6.05. The van der Waals surface area contributed by atoms with Gasteiger partial charge in [0.2, 0.25) is 0 Å². The van der Waals surface area contributed by atoms with Gasteiger partial charge in [0.05, 0.1) is 11.7 Å². The molecular formula is C12H21ClO. The lowest BCUT2D eigenvalue weighted by molar-refractivity contribution is -0.0442. The van der Waals surface area contributed by atoms with Crippen molar-refractivity contribution in [3.05, 3.63) is 0 Å². The number of hydrogen-bond donors (Lipinski definition) is 0. The maximum absolute atomic E-state index is 6.05. The van der Waals surface area contributed by atoms with Crippen molar-refractivity contribution in [3.8, 4) is 0 Å². The van der Waals surface area contributed by atoms with Gasteiger partial charge in [-0.3, -0.25) is 0 Å². The van der Waals surface area contributed by atoms with E-state index in [2.05, 4.69) is 13.8 Å². The number of ether oxygens (including phenoxy) is 1. The zero-order valence-corrected chi connectivity index (χ0v) is 10.1. The van der Waals surface area contributed by atoms with Crippen molar-refractivity contribution in [2.24, 2.45) is 5.41 Å². The van der Waals surface area contributed by atoms with E-state index in [1.54, 1.807) is 0 Å². The van der Waals surface area contributed by atoms with Gasteiger partial charge in [0, 0.05) is 5.88 Å². The fourth-order valence-electron chi connectivity index (χ4n) is 2.77. The first-order valence-electron chi connectivity index (χ1n) is 5.79. The fourth-order valence-corrected chi connectivity index (χ4v) is 3.15. The van der Waals surface area contributed by atoms with Crippen LogP contribution in [-0.4, -0.2) is 17.6 Å². The van der Waals surface area contributed by atoms with Crippen LogP contribution in [0.4, 0.5) is 0 Å². The van der Waals surface area contributed by atoms with Crippen LogP contribution in [0.1, 0.15) is 52.4 Å². The van der Waals surface area contributed by atoms with Gasteiger partial charge in [0.15, 0.2) is 0 Å². The van der Waals surface area contributed by atoms with Gasteiger partial charge in [-0.05, 0) is 51.4 Å². The molecule has 2 heteroatoms. The quantitative estimate of drug-likeness (QED) is 0.653. The van der Waals surface area contributed by atoms with Crippen molar-refractivity contribution in [1.82, 2.24) is 0 Å². The molecule has 0 bridgehead atoms. The Labute approximate surface area is 92.2 Å². The highest BCUT2D eigenvalue weighted by Gasteiger charge is 2.41. The Bertz CT molecular complexity index is 203. The zero-order valence-electron chi connectivity index (χ0n) is 9.31. The number of halogens is 1. The van der Waals surface area contributed by atoms with Gasteiger partial charge >= 0.3 is 0 Å². The van der Waals surface area contributed by atoms with Crippen LogP contribution in [0.3, 0.4) is 0 Å². The van der Waals surface area contributed by atoms with Crippen molar-refractivity contribution >= 4 is 11.6 Å². The number of alkyl halides is 1. The summed E-state index contributed by atoms with van der Waals surface area (Å²) in [6.07, 6.45) is 8.10. The molecule has 1 atom stereocenters. The van der Waals surface area contributed by atoms with E-state index < -0.39 is 0 Å². The van der Waals surface area contributed by atoms with Crippen molar-refractivity contribution in [2.45, 2.75) is 64.1 Å². The van der Waals surface area contributed by atoms with Crippen molar-refractivity contribution in [1.29, 1.82) is 0 Å². The largest absolute Gasteiger partial charge is 0.372 e. The second-order valence-corrected chi connectivity index (χ2v) is 6.00. The van der Waals surface area contributed by atoms with E-state index in [-0.39, 0.29) is 5.60 Å². The predicted molar refractivity (Wildman–Crippen MR) is 59.8 cm³/mol. The van der Waals surface area contributed by atoms with Crippen LogP contribution in [0.5, 0.6) is 0 Å².